The number of alkyl halides is 1. The van der Waals surface area contributed by atoms with Gasteiger partial charge in [-0.25, -0.2) is 0 Å². The van der Waals surface area contributed by atoms with Gasteiger partial charge in [0, 0.05) is 6.54 Å². The standard InChI is InChI=1S/C12H18INOS/c1-10-6-9-16-11(10)12(15)14-8-5-3-2-4-7-13/h6,9H,2-5,7-8H2,1H3,(H,14,15). The number of rotatable bonds is 7. The van der Waals surface area contributed by atoms with Crippen LogP contribution in [0.2, 0.25) is 0 Å². The lowest BCUT2D eigenvalue weighted by atomic mass is 10.2. The molecule has 1 aromatic heterocycles. The van der Waals surface area contributed by atoms with Gasteiger partial charge in [0.05, 0.1) is 4.88 Å². The highest BCUT2D eigenvalue weighted by Crippen LogP contribution is 2.14. The van der Waals surface area contributed by atoms with Gasteiger partial charge in [-0.05, 0) is 41.2 Å². The van der Waals surface area contributed by atoms with Crippen molar-refractivity contribution in [3.8, 4) is 0 Å². The summed E-state index contributed by atoms with van der Waals surface area (Å²) in [5.74, 6) is 0.0846. The van der Waals surface area contributed by atoms with Gasteiger partial charge < -0.3 is 5.32 Å². The first-order valence-electron chi connectivity index (χ1n) is 5.64. The van der Waals surface area contributed by atoms with Gasteiger partial charge in [-0.1, -0.05) is 35.4 Å². The Bertz CT molecular complexity index is 325. The zero-order valence-corrected chi connectivity index (χ0v) is 12.6. The molecule has 0 fully saturated rings. The summed E-state index contributed by atoms with van der Waals surface area (Å²) >= 11 is 3.92. The quantitative estimate of drug-likeness (QED) is 0.452. The molecule has 0 saturated heterocycles. The highest BCUT2D eigenvalue weighted by molar-refractivity contribution is 14.1. The second-order valence-electron chi connectivity index (χ2n) is 3.79. The number of amides is 1. The number of aryl methyl sites for hydroxylation is 1. The average Bonchev–Trinajstić information content (AvgIpc) is 2.69. The largest absolute Gasteiger partial charge is 0.351 e. The van der Waals surface area contributed by atoms with E-state index in [0.717, 1.165) is 23.4 Å². The molecule has 1 N–H and O–H groups in total. The van der Waals surface area contributed by atoms with Crippen LogP contribution in [0.3, 0.4) is 0 Å². The van der Waals surface area contributed by atoms with Crippen molar-refractivity contribution < 1.29 is 4.79 Å². The van der Waals surface area contributed by atoms with Crippen LogP contribution < -0.4 is 5.32 Å². The summed E-state index contributed by atoms with van der Waals surface area (Å²) in [5, 5.41) is 4.94. The van der Waals surface area contributed by atoms with E-state index >= 15 is 0 Å². The van der Waals surface area contributed by atoms with Crippen molar-refractivity contribution in [3.05, 3.63) is 21.9 Å². The molecule has 1 aromatic rings. The molecule has 0 aliphatic rings. The number of nitrogens with one attached hydrogen (secondary N) is 1. The lowest BCUT2D eigenvalue weighted by molar-refractivity contribution is 0.0956. The Hall–Kier alpha value is -0.100. The molecule has 90 valence electrons. The van der Waals surface area contributed by atoms with Gasteiger partial charge in [0.25, 0.3) is 5.91 Å². The second kappa shape index (κ2) is 8.06. The average molecular weight is 351 g/mol. The van der Waals surface area contributed by atoms with E-state index in [2.05, 4.69) is 27.9 Å². The van der Waals surface area contributed by atoms with Gasteiger partial charge in [-0.15, -0.1) is 11.3 Å². The van der Waals surface area contributed by atoms with Crippen molar-refractivity contribution in [2.24, 2.45) is 0 Å². The Labute approximate surface area is 115 Å². The van der Waals surface area contributed by atoms with Crippen LogP contribution in [0.4, 0.5) is 0 Å². The van der Waals surface area contributed by atoms with Crippen LogP contribution in [0.15, 0.2) is 11.4 Å². The number of halogens is 1. The summed E-state index contributed by atoms with van der Waals surface area (Å²) in [4.78, 5) is 12.6. The number of hydrogen-bond donors (Lipinski definition) is 1. The lowest BCUT2D eigenvalue weighted by Gasteiger charge is -2.04. The molecule has 0 aromatic carbocycles. The monoisotopic (exact) mass is 351 g/mol. The Balaban J connectivity index is 2.14. The van der Waals surface area contributed by atoms with Gasteiger partial charge in [-0.3, -0.25) is 4.79 Å². The zero-order chi connectivity index (χ0) is 11.8. The SMILES string of the molecule is Cc1ccsc1C(=O)NCCCCCCI. The lowest BCUT2D eigenvalue weighted by Crippen LogP contribution is -2.24. The number of hydrogen-bond acceptors (Lipinski definition) is 2. The highest BCUT2D eigenvalue weighted by Gasteiger charge is 2.08. The van der Waals surface area contributed by atoms with Gasteiger partial charge in [0.2, 0.25) is 0 Å². The van der Waals surface area contributed by atoms with Crippen LogP contribution in [0.25, 0.3) is 0 Å². The predicted molar refractivity (Wildman–Crippen MR) is 78.7 cm³/mol. The van der Waals surface area contributed by atoms with Gasteiger partial charge in [-0.2, -0.15) is 0 Å². The summed E-state index contributed by atoms with van der Waals surface area (Å²) in [6.45, 7) is 2.78. The smallest absolute Gasteiger partial charge is 0.261 e. The summed E-state index contributed by atoms with van der Waals surface area (Å²) in [6.07, 6.45) is 4.87. The molecular formula is C12H18INOS. The maximum atomic E-state index is 11.7. The summed E-state index contributed by atoms with van der Waals surface area (Å²) < 4.78 is 1.23. The normalized spacial score (nSPS) is 10.4. The molecule has 0 spiro atoms. The van der Waals surface area contributed by atoms with Crippen molar-refractivity contribution in [2.75, 3.05) is 11.0 Å². The second-order valence-corrected chi connectivity index (χ2v) is 5.79. The maximum Gasteiger partial charge on any atom is 0.261 e. The fourth-order valence-corrected chi connectivity index (χ4v) is 2.84. The van der Waals surface area contributed by atoms with E-state index in [4.69, 9.17) is 0 Å². The summed E-state index contributed by atoms with van der Waals surface area (Å²) in [5.41, 5.74) is 1.08. The van der Waals surface area contributed by atoms with Crippen LogP contribution in [0.5, 0.6) is 0 Å². The van der Waals surface area contributed by atoms with E-state index in [9.17, 15) is 4.79 Å². The van der Waals surface area contributed by atoms with Gasteiger partial charge >= 0.3 is 0 Å². The van der Waals surface area contributed by atoms with E-state index < -0.39 is 0 Å². The number of thiophene rings is 1. The first kappa shape index (κ1) is 14.0. The first-order chi connectivity index (χ1) is 7.75. The number of carbonyl (C=O) groups excluding carboxylic acids is 1. The summed E-state index contributed by atoms with van der Waals surface area (Å²) in [6, 6.07) is 1.99. The molecule has 0 bridgehead atoms. The van der Waals surface area contributed by atoms with Crippen LogP contribution in [0.1, 0.15) is 40.9 Å². The maximum absolute atomic E-state index is 11.7. The molecule has 16 heavy (non-hydrogen) atoms. The van der Waals surface area contributed by atoms with E-state index in [1.54, 1.807) is 0 Å². The predicted octanol–water partition coefficient (Wildman–Crippen LogP) is 3.78. The van der Waals surface area contributed by atoms with Gasteiger partial charge in [0.1, 0.15) is 0 Å². The fourth-order valence-electron chi connectivity index (χ4n) is 1.46. The van der Waals surface area contributed by atoms with E-state index in [0.29, 0.717) is 0 Å². The number of carbonyl (C=O) groups is 1. The minimum Gasteiger partial charge on any atom is -0.351 e. The van der Waals surface area contributed by atoms with E-state index in [-0.39, 0.29) is 5.91 Å². The molecule has 1 heterocycles. The Morgan fingerprint density at radius 3 is 2.75 bits per heavy atom. The molecule has 0 radical (unpaired) electrons. The third-order valence-electron chi connectivity index (χ3n) is 2.41. The summed E-state index contributed by atoms with van der Waals surface area (Å²) in [7, 11) is 0. The van der Waals surface area contributed by atoms with Gasteiger partial charge in [0.15, 0.2) is 0 Å². The molecule has 4 heteroatoms. The number of unbranched alkanes of at least 4 members (excludes halogenated alkanes) is 3. The molecule has 2 nitrogen and oxygen atoms in total. The highest BCUT2D eigenvalue weighted by atomic mass is 127. The minimum absolute atomic E-state index is 0.0846. The Morgan fingerprint density at radius 2 is 2.12 bits per heavy atom. The van der Waals surface area contributed by atoms with Crippen LogP contribution >= 0.6 is 33.9 Å². The van der Waals surface area contributed by atoms with E-state index in [1.807, 2.05) is 18.4 Å². The molecule has 1 amide bonds. The minimum atomic E-state index is 0.0846. The Kier molecular flexibility index (Phi) is 7.03. The molecule has 0 atom stereocenters. The third kappa shape index (κ3) is 4.82. The van der Waals surface area contributed by atoms with Crippen LogP contribution in [-0.2, 0) is 0 Å². The Morgan fingerprint density at radius 1 is 1.38 bits per heavy atom. The molecule has 0 aliphatic carbocycles. The van der Waals surface area contributed by atoms with E-state index in [1.165, 1.54) is 35.0 Å². The van der Waals surface area contributed by atoms with Crippen LogP contribution in [-0.4, -0.2) is 16.9 Å². The van der Waals surface area contributed by atoms with Crippen molar-refractivity contribution in [1.29, 1.82) is 0 Å². The molecule has 0 unspecified atom stereocenters. The topological polar surface area (TPSA) is 29.1 Å². The first-order valence-corrected chi connectivity index (χ1v) is 8.04. The van der Waals surface area contributed by atoms with Crippen molar-refractivity contribution in [2.45, 2.75) is 32.6 Å². The van der Waals surface area contributed by atoms with Crippen LogP contribution in [0, 0.1) is 6.92 Å². The molecular weight excluding hydrogens is 333 g/mol. The van der Waals surface area contributed by atoms with Crippen molar-refractivity contribution in [1.82, 2.24) is 5.32 Å². The molecule has 0 aliphatic heterocycles. The van der Waals surface area contributed by atoms with Crippen molar-refractivity contribution >= 4 is 39.8 Å². The fraction of sp³-hybridized carbons (Fsp3) is 0.583. The molecule has 0 saturated carbocycles. The van der Waals surface area contributed by atoms with Crippen molar-refractivity contribution in [3.63, 3.8) is 0 Å². The third-order valence-corrected chi connectivity index (χ3v) is 4.19. The zero-order valence-electron chi connectivity index (χ0n) is 9.59. The molecule has 1 rings (SSSR count).